The lowest BCUT2D eigenvalue weighted by Gasteiger charge is -2.22. The fourth-order valence-corrected chi connectivity index (χ4v) is 1.34. The quantitative estimate of drug-likeness (QED) is 0.568. The second-order valence-corrected chi connectivity index (χ2v) is 4.64. The third-order valence-electron chi connectivity index (χ3n) is 2.46. The van der Waals surface area contributed by atoms with Crippen molar-refractivity contribution in [3.05, 3.63) is 29.0 Å². The summed E-state index contributed by atoms with van der Waals surface area (Å²) in [6.07, 6.45) is 2.54. The second kappa shape index (κ2) is 6.18. The van der Waals surface area contributed by atoms with Gasteiger partial charge in [0.2, 0.25) is 0 Å². The van der Waals surface area contributed by atoms with E-state index in [2.05, 4.69) is 4.98 Å². The topological polar surface area (TPSA) is 31.4 Å². The molecule has 3 nitrogen and oxygen atoms in total. The first-order valence-corrected chi connectivity index (χ1v) is 5.64. The molecule has 1 aromatic rings. The molecule has 0 aromatic carbocycles. The van der Waals surface area contributed by atoms with Crippen molar-refractivity contribution in [1.29, 1.82) is 0 Å². The molecule has 0 fully saturated rings. The van der Waals surface area contributed by atoms with E-state index in [1.54, 1.807) is 13.3 Å². The van der Waals surface area contributed by atoms with Gasteiger partial charge in [0, 0.05) is 19.9 Å². The molecule has 0 unspecified atom stereocenters. The van der Waals surface area contributed by atoms with Crippen LogP contribution in [0.5, 0.6) is 0 Å². The van der Waals surface area contributed by atoms with Gasteiger partial charge in [-0.1, -0.05) is 11.6 Å². The summed E-state index contributed by atoms with van der Waals surface area (Å²) in [6, 6.07) is 3.70. The summed E-state index contributed by atoms with van der Waals surface area (Å²) in [5, 5.41) is 0.498. The molecule has 0 N–H and O–H groups in total. The Kier molecular flexibility index (Phi) is 5.19. The molecule has 0 aliphatic rings. The highest BCUT2D eigenvalue weighted by Gasteiger charge is 2.15. The van der Waals surface area contributed by atoms with E-state index < -0.39 is 0 Å². The molecule has 0 bridgehead atoms. The Labute approximate surface area is 102 Å². The fraction of sp³-hybridized carbons (Fsp3) is 0.583. The molecule has 1 heterocycles. The van der Waals surface area contributed by atoms with Gasteiger partial charge in [0.25, 0.3) is 0 Å². The van der Waals surface area contributed by atoms with Crippen molar-refractivity contribution in [1.82, 2.24) is 4.98 Å². The Balaban J connectivity index is 2.26. The van der Waals surface area contributed by atoms with E-state index in [1.165, 1.54) is 0 Å². The van der Waals surface area contributed by atoms with Crippen molar-refractivity contribution in [2.45, 2.75) is 32.5 Å². The van der Waals surface area contributed by atoms with Gasteiger partial charge in [-0.25, -0.2) is 4.98 Å². The van der Waals surface area contributed by atoms with Gasteiger partial charge in [0.05, 0.1) is 12.2 Å². The van der Waals surface area contributed by atoms with Gasteiger partial charge in [-0.3, -0.25) is 0 Å². The molecule has 0 spiro atoms. The van der Waals surface area contributed by atoms with Crippen molar-refractivity contribution in [3.8, 4) is 0 Å². The average Bonchev–Trinajstić information content (AvgIpc) is 2.25. The molecule has 0 saturated carbocycles. The van der Waals surface area contributed by atoms with E-state index in [-0.39, 0.29) is 5.60 Å². The Hall–Kier alpha value is -0.640. The van der Waals surface area contributed by atoms with Gasteiger partial charge < -0.3 is 9.47 Å². The minimum Gasteiger partial charge on any atom is -0.379 e. The van der Waals surface area contributed by atoms with Crippen LogP contribution in [0.2, 0.25) is 5.15 Å². The number of pyridine rings is 1. The summed E-state index contributed by atoms with van der Waals surface area (Å²) in [5.41, 5.74) is 0.908. The zero-order chi connectivity index (χ0) is 12.0. The molecule has 0 radical (unpaired) electrons. The van der Waals surface area contributed by atoms with Gasteiger partial charge in [0.1, 0.15) is 5.15 Å². The summed E-state index contributed by atoms with van der Waals surface area (Å²) in [7, 11) is 1.71. The molecule has 0 atom stereocenters. The van der Waals surface area contributed by atoms with Crippen LogP contribution in [-0.2, 0) is 16.1 Å². The molecule has 0 amide bonds. The first-order chi connectivity index (χ1) is 7.53. The predicted octanol–water partition coefficient (Wildman–Crippen LogP) is 3.07. The zero-order valence-electron chi connectivity index (χ0n) is 10.00. The minimum absolute atomic E-state index is 0.129. The van der Waals surface area contributed by atoms with E-state index in [1.807, 2.05) is 26.0 Å². The smallest absolute Gasteiger partial charge is 0.129 e. The Morgan fingerprint density at radius 2 is 2.19 bits per heavy atom. The third kappa shape index (κ3) is 4.92. The number of aromatic nitrogens is 1. The largest absolute Gasteiger partial charge is 0.379 e. The Morgan fingerprint density at radius 3 is 2.81 bits per heavy atom. The van der Waals surface area contributed by atoms with E-state index in [9.17, 15) is 0 Å². The summed E-state index contributed by atoms with van der Waals surface area (Å²) in [4.78, 5) is 3.91. The fourth-order valence-electron chi connectivity index (χ4n) is 1.14. The van der Waals surface area contributed by atoms with Crippen LogP contribution in [0, 0.1) is 0 Å². The van der Waals surface area contributed by atoms with E-state index in [0.29, 0.717) is 18.4 Å². The standard InChI is InChI=1S/C12H18ClNO2/c1-12(2,15-3)5-7-16-9-10-4-6-14-11(13)8-10/h4,6,8H,5,7,9H2,1-3H3. The van der Waals surface area contributed by atoms with Crippen LogP contribution in [0.4, 0.5) is 0 Å². The lowest BCUT2D eigenvalue weighted by Crippen LogP contribution is -2.24. The highest BCUT2D eigenvalue weighted by Crippen LogP contribution is 2.13. The van der Waals surface area contributed by atoms with Gasteiger partial charge in [-0.05, 0) is 38.0 Å². The number of rotatable bonds is 6. The maximum atomic E-state index is 5.77. The molecule has 90 valence electrons. The van der Waals surface area contributed by atoms with E-state index in [4.69, 9.17) is 21.1 Å². The van der Waals surface area contributed by atoms with Crippen LogP contribution in [0.25, 0.3) is 0 Å². The first kappa shape index (κ1) is 13.4. The summed E-state index contributed by atoms with van der Waals surface area (Å²) in [6.45, 7) is 5.31. The monoisotopic (exact) mass is 243 g/mol. The Bertz CT molecular complexity index is 329. The minimum atomic E-state index is -0.129. The Morgan fingerprint density at radius 1 is 1.44 bits per heavy atom. The molecular formula is C12H18ClNO2. The van der Waals surface area contributed by atoms with Crippen molar-refractivity contribution in [2.75, 3.05) is 13.7 Å². The molecule has 0 aliphatic carbocycles. The second-order valence-electron chi connectivity index (χ2n) is 4.25. The van der Waals surface area contributed by atoms with Crippen LogP contribution in [0.15, 0.2) is 18.3 Å². The number of ether oxygens (including phenoxy) is 2. The van der Waals surface area contributed by atoms with Crippen LogP contribution < -0.4 is 0 Å². The molecular weight excluding hydrogens is 226 g/mol. The van der Waals surface area contributed by atoms with Crippen LogP contribution in [-0.4, -0.2) is 24.3 Å². The summed E-state index contributed by atoms with van der Waals surface area (Å²) < 4.78 is 10.8. The number of hydrogen-bond donors (Lipinski definition) is 0. The molecule has 4 heteroatoms. The SMILES string of the molecule is COC(C)(C)CCOCc1ccnc(Cl)c1. The number of nitrogens with zero attached hydrogens (tertiary/aromatic N) is 1. The van der Waals surface area contributed by atoms with Crippen molar-refractivity contribution >= 4 is 11.6 Å². The van der Waals surface area contributed by atoms with Crippen LogP contribution in [0.3, 0.4) is 0 Å². The highest BCUT2D eigenvalue weighted by atomic mass is 35.5. The highest BCUT2D eigenvalue weighted by molar-refractivity contribution is 6.29. The normalized spacial score (nSPS) is 11.8. The van der Waals surface area contributed by atoms with Gasteiger partial charge in [-0.2, -0.15) is 0 Å². The maximum Gasteiger partial charge on any atom is 0.129 e. The number of hydrogen-bond acceptors (Lipinski definition) is 3. The van der Waals surface area contributed by atoms with Crippen molar-refractivity contribution in [3.63, 3.8) is 0 Å². The third-order valence-corrected chi connectivity index (χ3v) is 2.67. The van der Waals surface area contributed by atoms with Crippen LogP contribution in [0.1, 0.15) is 25.8 Å². The zero-order valence-corrected chi connectivity index (χ0v) is 10.8. The first-order valence-electron chi connectivity index (χ1n) is 5.27. The molecule has 1 aromatic heterocycles. The van der Waals surface area contributed by atoms with Crippen molar-refractivity contribution < 1.29 is 9.47 Å². The lowest BCUT2D eigenvalue weighted by atomic mass is 10.1. The van der Waals surface area contributed by atoms with Crippen LogP contribution >= 0.6 is 11.6 Å². The molecule has 0 saturated heterocycles. The number of methoxy groups -OCH3 is 1. The lowest BCUT2D eigenvalue weighted by molar-refractivity contribution is -0.0124. The van der Waals surface area contributed by atoms with E-state index in [0.717, 1.165) is 12.0 Å². The average molecular weight is 244 g/mol. The summed E-state index contributed by atoms with van der Waals surface area (Å²) in [5.74, 6) is 0. The molecule has 0 aliphatic heterocycles. The maximum absolute atomic E-state index is 5.77. The molecule has 1 rings (SSSR count). The molecule has 16 heavy (non-hydrogen) atoms. The van der Waals surface area contributed by atoms with Crippen molar-refractivity contribution in [2.24, 2.45) is 0 Å². The summed E-state index contributed by atoms with van der Waals surface area (Å²) >= 11 is 5.77. The van der Waals surface area contributed by atoms with E-state index >= 15 is 0 Å². The van der Waals surface area contributed by atoms with Gasteiger partial charge >= 0.3 is 0 Å². The van der Waals surface area contributed by atoms with Gasteiger partial charge in [-0.15, -0.1) is 0 Å². The van der Waals surface area contributed by atoms with Gasteiger partial charge in [0.15, 0.2) is 0 Å². The predicted molar refractivity (Wildman–Crippen MR) is 64.6 cm³/mol. The number of halogens is 1.